The summed E-state index contributed by atoms with van der Waals surface area (Å²) >= 11 is 1.59. The first-order valence-electron chi connectivity index (χ1n) is 11.7. The van der Waals surface area contributed by atoms with E-state index in [0.717, 1.165) is 60.9 Å². The van der Waals surface area contributed by atoms with Crippen molar-refractivity contribution >= 4 is 38.3 Å². The monoisotopic (exact) mass is 502 g/mol. The summed E-state index contributed by atoms with van der Waals surface area (Å²) in [6.07, 6.45) is -2.82. The van der Waals surface area contributed by atoms with Crippen molar-refractivity contribution in [3.8, 4) is 11.4 Å². The second-order valence-electron chi connectivity index (χ2n) is 8.89. The Kier molecular flexibility index (Phi) is 5.87. The number of aromatic amines is 1. The molecule has 0 spiro atoms. The van der Waals surface area contributed by atoms with Crippen LogP contribution in [-0.2, 0) is 17.5 Å². The molecule has 2 aliphatic rings. The van der Waals surface area contributed by atoms with Gasteiger partial charge in [-0.3, -0.25) is 4.90 Å². The maximum atomic E-state index is 13.7. The van der Waals surface area contributed by atoms with Gasteiger partial charge in [-0.25, -0.2) is 9.97 Å². The van der Waals surface area contributed by atoms with Crippen molar-refractivity contribution < 1.29 is 17.9 Å². The van der Waals surface area contributed by atoms with E-state index in [1.807, 2.05) is 0 Å². The average Bonchev–Trinajstić information content (AvgIpc) is 3.50. The number of H-pyrrole nitrogens is 1. The molecule has 3 aromatic heterocycles. The normalized spacial score (nSPS) is 18.1. The summed E-state index contributed by atoms with van der Waals surface area (Å²) in [4.78, 5) is 19.1. The van der Waals surface area contributed by atoms with Gasteiger partial charge in [0, 0.05) is 73.4 Å². The summed E-state index contributed by atoms with van der Waals surface area (Å²) in [6.45, 7) is 7.26. The van der Waals surface area contributed by atoms with Crippen LogP contribution < -0.4 is 10.2 Å². The molecule has 11 heteroatoms. The third-order valence-electron chi connectivity index (χ3n) is 6.56. The highest BCUT2D eigenvalue weighted by atomic mass is 32.1. The predicted molar refractivity (Wildman–Crippen MR) is 131 cm³/mol. The zero-order valence-electron chi connectivity index (χ0n) is 19.0. The van der Waals surface area contributed by atoms with Gasteiger partial charge < -0.3 is 19.9 Å². The van der Waals surface area contributed by atoms with Crippen molar-refractivity contribution in [3.05, 3.63) is 40.9 Å². The lowest BCUT2D eigenvalue weighted by atomic mass is 10.0. The first-order valence-corrected chi connectivity index (χ1v) is 12.5. The molecule has 2 fully saturated rings. The number of nitrogens with zero attached hydrogens (tertiary/aromatic N) is 4. The number of alkyl halides is 3. The number of rotatable bonds is 4. The van der Waals surface area contributed by atoms with E-state index in [1.165, 1.54) is 4.88 Å². The van der Waals surface area contributed by atoms with Crippen molar-refractivity contribution in [2.45, 2.75) is 12.7 Å². The molecule has 5 heterocycles. The number of anilines is 1. The van der Waals surface area contributed by atoms with E-state index in [0.29, 0.717) is 48.6 Å². The number of hydrogen-bond donors (Lipinski definition) is 2. The lowest BCUT2D eigenvalue weighted by molar-refractivity contribution is -0.137. The van der Waals surface area contributed by atoms with Gasteiger partial charge in [-0.05, 0) is 24.3 Å². The minimum Gasteiger partial charge on any atom is -0.378 e. The van der Waals surface area contributed by atoms with E-state index in [1.54, 1.807) is 23.6 Å². The topological polar surface area (TPSA) is 69.3 Å². The molecule has 6 rings (SSSR count). The van der Waals surface area contributed by atoms with Crippen molar-refractivity contribution in [1.82, 2.24) is 25.2 Å². The molecule has 2 N–H and O–H groups in total. The lowest BCUT2D eigenvalue weighted by Crippen LogP contribution is -2.42. The highest BCUT2D eigenvalue weighted by molar-refractivity contribution is 7.18. The van der Waals surface area contributed by atoms with Gasteiger partial charge >= 0.3 is 6.18 Å². The third kappa shape index (κ3) is 4.49. The van der Waals surface area contributed by atoms with Crippen LogP contribution in [0.5, 0.6) is 0 Å². The first kappa shape index (κ1) is 22.7. The number of thiophene rings is 1. The molecule has 0 radical (unpaired) electrons. The molecule has 0 amide bonds. The minimum atomic E-state index is -4.47. The number of ether oxygens (including phenoxy) is 1. The van der Waals surface area contributed by atoms with Crippen LogP contribution in [0, 0.1) is 0 Å². The Bertz CT molecular complexity index is 1350. The molecule has 0 bridgehead atoms. The Morgan fingerprint density at radius 3 is 2.57 bits per heavy atom. The quantitative estimate of drug-likeness (QED) is 0.438. The average molecular weight is 503 g/mol. The van der Waals surface area contributed by atoms with Gasteiger partial charge in [-0.1, -0.05) is 0 Å². The summed E-state index contributed by atoms with van der Waals surface area (Å²) in [5.74, 6) is 1.07. The van der Waals surface area contributed by atoms with E-state index < -0.39 is 11.7 Å². The van der Waals surface area contributed by atoms with Gasteiger partial charge in [0.15, 0.2) is 5.82 Å². The molecule has 184 valence electrons. The Balaban J connectivity index is 1.49. The van der Waals surface area contributed by atoms with Crippen molar-refractivity contribution in [1.29, 1.82) is 0 Å². The Labute approximate surface area is 203 Å². The summed E-state index contributed by atoms with van der Waals surface area (Å²) in [7, 11) is 0. The zero-order valence-corrected chi connectivity index (χ0v) is 19.8. The number of piperazine rings is 1. The maximum absolute atomic E-state index is 13.7. The Morgan fingerprint density at radius 2 is 1.80 bits per heavy atom. The number of benzene rings is 1. The Morgan fingerprint density at radius 1 is 1.00 bits per heavy atom. The summed E-state index contributed by atoms with van der Waals surface area (Å²) < 4.78 is 46.6. The fourth-order valence-electron chi connectivity index (χ4n) is 4.78. The number of nitrogens with one attached hydrogen (secondary N) is 2. The number of morpholine rings is 1. The fourth-order valence-corrected chi connectivity index (χ4v) is 5.84. The first-order chi connectivity index (χ1) is 17.0. The predicted octanol–water partition coefficient (Wildman–Crippen LogP) is 4.10. The van der Waals surface area contributed by atoms with Gasteiger partial charge in [-0.2, -0.15) is 13.2 Å². The van der Waals surface area contributed by atoms with Crippen LogP contribution in [0.15, 0.2) is 30.5 Å². The summed E-state index contributed by atoms with van der Waals surface area (Å²) in [5, 5.41) is 4.99. The number of hydrogen-bond acceptors (Lipinski definition) is 7. The fraction of sp³-hybridized carbons (Fsp3) is 0.417. The van der Waals surface area contributed by atoms with Gasteiger partial charge in [-0.15, -0.1) is 11.3 Å². The van der Waals surface area contributed by atoms with Gasteiger partial charge in [0.2, 0.25) is 0 Å². The van der Waals surface area contributed by atoms with E-state index in [2.05, 4.69) is 26.2 Å². The summed E-state index contributed by atoms with van der Waals surface area (Å²) in [5.41, 5.74) is 0.0752. The smallest absolute Gasteiger partial charge is 0.378 e. The molecule has 4 aromatic rings. The largest absolute Gasteiger partial charge is 0.416 e. The minimum absolute atomic E-state index is 0.310. The molecule has 0 saturated carbocycles. The molecule has 0 unspecified atom stereocenters. The standard InChI is InChI=1S/C24H25F3N6OS/c25-24(26,27)15-11-18(17-1-2-29-20(17)12-15)21-30-22(33-7-9-34-10-8-33)19-13-16(35-23(19)31-21)14-32-5-3-28-4-6-32/h1-2,11-13,28-29H,3-10,14H2. The van der Waals surface area contributed by atoms with Crippen LogP contribution in [0.4, 0.5) is 19.0 Å². The number of fused-ring (bicyclic) bond motifs is 2. The van der Waals surface area contributed by atoms with Crippen molar-refractivity contribution in [2.24, 2.45) is 0 Å². The molecular weight excluding hydrogens is 477 g/mol. The van der Waals surface area contributed by atoms with Crippen molar-refractivity contribution in [3.63, 3.8) is 0 Å². The van der Waals surface area contributed by atoms with Crippen LogP contribution in [0.25, 0.3) is 32.5 Å². The lowest BCUT2D eigenvalue weighted by Gasteiger charge is -2.28. The second kappa shape index (κ2) is 9.05. The zero-order chi connectivity index (χ0) is 24.0. The van der Waals surface area contributed by atoms with Crippen molar-refractivity contribution in [2.75, 3.05) is 57.4 Å². The van der Waals surface area contributed by atoms with Crippen LogP contribution in [0.3, 0.4) is 0 Å². The highest BCUT2D eigenvalue weighted by Crippen LogP contribution is 2.39. The molecule has 2 saturated heterocycles. The second-order valence-corrected chi connectivity index (χ2v) is 10.0. The molecule has 7 nitrogen and oxygen atoms in total. The number of halogens is 3. The van der Waals surface area contributed by atoms with Crippen LogP contribution in [0.1, 0.15) is 10.4 Å². The third-order valence-corrected chi connectivity index (χ3v) is 7.57. The molecule has 1 aromatic carbocycles. The maximum Gasteiger partial charge on any atom is 0.416 e. The van der Waals surface area contributed by atoms with Gasteiger partial charge in [0.1, 0.15) is 10.6 Å². The van der Waals surface area contributed by atoms with E-state index in [9.17, 15) is 13.2 Å². The number of aromatic nitrogens is 3. The van der Waals surface area contributed by atoms with E-state index in [4.69, 9.17) is 14.7 Å². The van der Waals surface area contributed by atoms with Crippen LogP contribution >= 0.6 is 11.3 Å². The molecule has 2 aliphatic heterocycles. The van der Waals surface area contributed by atoms with Gasteiger partial charge in [0.05, 0.1) is 24.2 Å². The highest BCUT2D eigenvalue weighted by Gasteiger charge is 2.32. The SMILES string of the molecule is FC(F)(F)c1cc(-c2nc(N3CCOCC3)c3cc(CN4CCNCC4)sc3n2)c2cc[nH]c2c1. The van der Waals surface area contributed by atoms with E-state index >= 15 is 0 Å². The molecular formula is C24H25F3N6OS. The van der Waals surface area contributed by atoms with E-state index in [-0.39, 0.29) is 0 Å². The molecule has 35 heavy (non-hydrogen) atoms. The van der Waals surface area contributed by atoms with Crippen LogP contribution in [0.2, 0.25) is 0 Å². The molecule has 0 atom stereocenters. The van der Waals surface area contributed by atoms with Crippen LogP contribution in [-0.4, -0.2) is 72.3 Å². The molecule has 0 aliphatic carbocycles. The summed E-state index contributed by atoms with van der Waals surface area (Å²) in [6, 6.07) is 6.22. The Hall–Kier alpha value is -2.73. The van der Waals surface area contributed by atoms with Gasteiger partial charge in [0.25, 0.3) is 0 Å².